The third-order valence-electron chi connectivity index (χ3n) is 3.47. The molecule has 2 aromatic rings. The van der Waals surface area contributed by atoms with E-state index in [1.165, 1.54) is 6.07 Å². The van der Waals surface area contributed by atoms with Gasteiger partial charge in [-0.2, -0.15) is 0 Å². The summed E-state index contributed by atoms with van der Waals surface area (Å²) in [7, 11) is 0. The summed E-state index contributed by atoms with van der Waals surface area (Å²) in [4.78, 5) is 24.1. The fourth-order valence-electron chi connectivity index (χ4n) is 2.49. The Morgan fingerprint density at radius 1 is 0.875 bits per heavy atom. The van der Waals surface area contributed by atoms with E-state index < -0.39 is 5.91 Å². The van der Waals surface area contributed by atoms with E-state index in [1.54, 1.807) is 12.1 Å². The van der Waals surface area contributed by atoms with Gasteiger partial charge < -0.3 is 10.6 Å². The van der Waals surface area contributed by atoms with Gasteiger partial charge in [0, 0.05) is 11.4 Å². The Kier molecular flexibility index (Phi) is 5.86. The summed E-state index contributed by atoms with van der Waals surface area (Å²) in [5.41, 5.74) is 4.29. The van der Waals surface area contributed by atoms with Gasteiger partial charge in [0.05, 0.1) is 10.0 Å². The van der Waals surface area contributed by atoms with Gasteiger partial charge in [-0.15, -0.1) is 0 Å². The highest BCUT2D eigenvalue weighted by atomic mass is 35.5. The minimum atomic E-state index is -0.423. The number of nitrogens with one attached hydrogen (secondary N) is 2. The number of rotatable bonds is 4. The molecule has 0 aliphatic heterocycles. The maximum Gasteiger partial charge on any atom is 0.233 e. The molecule has 0 fully saturated rings. The average molecular weight is 365 g/mol. The normalized spacial score (nSPS) is 10.4. The summed E-state index contributed by atoms with van der Waals surface area (Å²) >= 11 is 11.7. The first-order valence-electron chi connectivity index (χ1n) is 7.39. The lowest BCUT2D eigenvalue weighted by Gasteiger charge is -2.13. The van der Waals surface area contributed by atoms with Gasteiger partial charge in [0.2, 0.25) is 11.8 Å². The predicted octanol–water partition coefficient (Wildman–Crippen LogP) is 4.89. The number of aryl methyl sites for hydroxylation is 3. The van der Waals surface area contributed by atoms with Crippen molar-refractivity contribution >= 4 is 46.4 Å². The third-order valence-corrected chi connectivity index (χ3v) is 4.20. The second-order valence-corrected chi connectivity index (χ2v) is 6.49. The van der Waals surface area contributed by atoms with Crippen molar-refractivity contribution < 1.29 is 9.59 Å². The van der Waals surface area contributed by atoms with E-state index in [2.05, 4.69) is 10.6 Å². The standard InChI is InChI=1S/C18H18Cl2N2O2/c1-10-6-11(2)18(12(3)7-10)22-17(24)9-16(23)21-13-4-5-14(19)15(20)8-13/h4-8H,9H2,1-3H3,(H,21,23)(H,22,24). The Balaban J connectivity index is 1.99. The van der Waals surface area contributed by atoms with E-state index in [9.17, 15) is 9.59 Å². The third kappa shape index (κ3) is 4.73. The molecule has 2 N–H and O–H groups in total. The number of hydrogen-bond donors (Lipinski definition) is 2. The molecule has 0 saturated carbocycles. The lowest BCUT2D eigenvalue weighted by atomic mass is 10.0. The Hall–Kier alpha value is -2.04. The molecule has 0 aliphatic carbocycles. The molecule has 0 unspecified atom stereocenters. The fraction of sp³-hybridized carbons (Fsp3) is 0.222. The van der Waals surface area contributed by atoms with Gasteiger partial charge in [-0.3, -0.25) is 9.59 Å². The molecule has 0 atom stereocenters. The largest absolute Gasteiger partial charge is 0.326 e. The maximum absolute atomic E-state index is 12.1. The van der Waals surface area contributed by atoms with E-state index in [4.69, 9.17) is 23.2 Å². The highest BCUT2D eigenvalue weighted by molar-refractivity contribution is 6.42. The zero-order valence-corrected chi connectivity index (χ0v) is 15.2. The van der Waals surface area contributed by atoms with E-state index in [1.807, 2.05) is 32.9 Å². The Labute approximate surface area is 151 Å². The molecular formula is C18H18Cl2N2O2. The van der Waals surface area contributed by atoms with Crippen LogP contribution < -0.4 is 10.6 Å². The lowest BCUT2D eigenvalue weighted by Crippen LogP contribution is -2.22. The first-order valence-corrected chi connectivity index (χ1v) is 8.14. The van der Waals surface area contributed by atoms with Crippen LogP contribution in [0, 0.1) is 20.8 Å². The van der Waals surface area contributed by atoms with Crippen molar-refractivity contribution in [3.05, 3.63) is 57.1 Å². The fourth-order valence-corrected chi connectivity index (χ4v) is 2.78. The van der Waals surface area contributed by atoms with Crippen LogP contribution in [0.4, 0.5) is 11.4 Å². The number of amides is 2. The smallest absolute Gasteiger partial charge is 0.233 e. The zero-order valence-electron chi connectivity index (χ0n) is 13.7. The molecule has 0 bridgehead atoms. The molecule has 6 heteroatoms. The number of benzene rings is 2. The van der Waals surface area contributed by atoms with E-state index in [0.717, 1.165) is 22.4 Å². The number of hydrogen-bond acceptors (Lipinski definition) is 2. The molecule has 0 spiro atoms. The quantitative estimate of drug-likeness (QED) is 0.759. The van der Waals surface area contributed by atoms with Gasteiger partial charge in [-0.1, -0.05) is 40.9 Å². The summed E-state index contributed by atoms with van der Waals surface area (Å²) in [5, 5.41) is 6.16. The second-order valence-electron chi connectivity index (χ2n) is 5.68. The summed E-state index contributed by atoms with van der Waals surface area (Å²) in [6, 6.07) is 8.71. The van der Waals surface area contributed by atoms with Crippen LogP contribution in [0.25, 0.3) is 0 Å². The zero-order chi connectivity index (χ0) is 17.9. The van der Waals surface area contributed by atoms with Crippen LogP contribution in [0.2, 0.25) is 10.0 Å². The van der Waals surface area contributed by atoms with Crippen LogP contribution in [-0.2, 0) is 9.59 Å². The van der Waals surface area contributed by atoms with Crippen LogP contribution in [0.1, 0.15) is 23.1 Å². The van der Waals surface area contributed by atoms with Gasteiger partial charge in [-0.25, -0.2) is 0 Å². The highest BCUT2D eigenvalue weighted by Crippen LogP contribution is 2.25. The van der Waals surface area contributed by atoms with Crippen LogP contribution in [0.5, 0.6) is 0 Å². The first kappa shape index (κ1) is 18.3. The van der Waals surface area contributed by atoms with E-state index in [-0.39, 0.29) is 12.3 Å². The van der Waals surface area contributed by atoms with Gasteiger partial charge in [0.1, 0.15) is 6.42 Å². The lowest BCUT2D eigenvalue weighted by molar-refractivity contribution is -0.123. The van der Waals surface area contributed by atoms with Crippen molar-refractivity contribution in [2.45, 2.75) is 27.2 Å². The molecule has 4 nitrogen and oxygen atoms in total. The van der Waals surface area contributed by atoms with Crippen molar-refractivity contribution in [1.82, 2.24) is 0 Å². The van der Waals surface area contributed by atoms with Crippen molar-refractivity contribution in [1.29, 1.82) is 0 Å². The number of carbonyl (C=O) groups excluding carboxylic acids is 2. The molecule has 0 radical (unpaired) electrons. The maximum atomic E-state index is 12.1. The monoisotopic (exact) mass is 364 g/mol. The summed E-state index contributed by atoms with van der Waals surface area (Å²) < 4.78 is 0. The minimum Gasteiger partial charge on any atom is -0.326 e. The van der Waals surface area contributed by atoms with Gasteiger partial charge in [0.15, 0.2) is 0 Å². The topological polar surface area (TPSA) is 58.2 Å². The molecule has 2 amide bonds. The first-order chi connectivity index (χ1) is 11.3. The molecule has 0 aliphatic rings. The molecule has 0 saturated heterocycles. The van der Waals surface area contributed by atoms with Crippen LogP contribution in [-0.4, -0.2) is 11.8 Å². The second kappa shape index (κ2) is 7.69. The average Bonchev–Trinajstić information content (AvgIpc) is 2.46. The molecule has 0 aromatic heterocycles. The van der Waals surface area contributed by atoms with Gasteiger partial charge in [-0.05, 0) is 50.1 Å². The number of carbonyl (C=O) groups is 2. The van der Waals surface area contributed by atoms with Crippen LogP contribution >= 0.6 is 23.2 Å². The number of anilines is 2. The van der Waals surface area contributed by atoms with Crippen molar-refractivity contribution in [2.24, 2.45) is 0 Å². The van der Waals surface area contributed by atoms with Gasteiger partial charge >= 0.3 is 0 Å². The Morgan fingerprint density at radius 3 is 2.04 bits per heavy atom. The van der Waals surface area contributed by atoms with Gasteiger partial charge in [0.25, 0.3) is 0 Å². The summed E-state index contributed by atoms with van der Waals surface area (Å²) in [6.07, 6.45) is -0.285. The SMILES string of the molecule is Cc1cc(C)c(NC(=O)CC(=O)Nc2ccc(Cl)c(Cl)c2)c(C)c1. The molecule has 2 aromatic carbocycles. The molecule has 24 heavy (non-hydrogen) atoms. The van der Waals surface area contributed by atoms with Crippen LogP contribution in [0.3, 0.4) is 0 Å². The molecular weight excluding hydrogens is 347 g/mol. The van der Waals surface area contributed by atoms with Crippen molar-refractivity contribution in [2.75, 3.05) is 10.6 Å². The minimum absolute atomic E-state index is 0.285. The summed E-state index contributed by atoms with van der Waals surface area (Å²) in [6.45, 7) is 5.84. The molecule has 2 rings (SSSR count). The van der Waals surface area contributed by atoms with E-state index >= 15 is 0 Å². The molecule has 126 valence electrons. The van der Waals surface area contributed by atoms with Crippen molar-refractivity contribution in [3.8, 4) is 0 Å². The van der Waals surface area contributed by atoms with E-state index in [0.29, 0.717) is 15.7 Å². The van der Waals surface area contributed by atoms with Crippen molar-refractivity contribution in [3.63, 3.8) is 0 Å². The Morgan fingerprint density at radius 2 is 1.46 bits per heavy atom. The Bertz CT molecular complexity index is 781. The predicted molar refractivity (Wildman–Crippen MR) is 99.0 cm³/mol. The molecule has 0 heterocycles. The highest BCUT2D eigenvalue weighted by Gasteiger charge is 2.13. The summed E-state index contributed by atoms with van der Waals surface area (Å²) in [5.74, 6) is -0.795. The van der Waals surface area contributed by atoms with Crippen LogP contribution in [0.15, 0.2) is 30.3 Å². The number of halogens is 2.